The third-order valence-corrected chi connectivity index (χ3v) is 9.99. The standard InChI is InChI=1S/C31H38N4O5/c1-7-14(2)31(38)33-12-23-25-19(27(36)17(5)29-30(25)40-13-39-29)10-21-26-24-18(8-15(3)16(4)28(24)37)9-20(34(26)6)22(11-32)35(21)23/h8,14,20-23,26,36-37H,7,9-10,12-13H2,1-6H3,(H,33,38)/t14-,20-,21?,22-,23-,26-/m0/s1. The first-order valence-electron chi connectivity index (χ1n) is 14.2. The largest absolute Gasteiger partial charge is 0.507 e. The molecule has 6 atom stereocenters. The molecule has 2 aromatic carbocycles. The number of nitrogens with zero attached hydrogens (tertiary/aromatic N) is 3. The quantitative estimate of drug-likeness (QED) is 0.532. The zero-order valence-corrected chi connectivity index (χ0v) is 24.0. The molecule has 9 heteroatoms. The van der Waals surface area contributed by atoms with Gasteiger partial charge in [0, 0.05) is 46.8 Å². The molecule has 4 heterocycles. The fraction of sp³-hybridized carbons (Fsp3) is 0.548. The number of hydrogen-bond donors (Lipinski definition) is 3. The number of aromatic hydroxyl groups is 2. The number of phenolic OH excluding ortho intramolecular Hbond substituents is 2. The predicted octanol–water partition coefficient (Wildman–Crippen LogP) is 3.69. The topological polar surface area (TPSA) is 118 Å². The van der Waals surface area contributed by atoms with E-state index in [9.17, 15) is 20.3 Å². The molecule has 1 unspecified atom stereocenters. The Balaban J connectivity index is 1.56. The number of carbonyl (C=O) groups excluding carboxylic acids is 1. The van der Waals surface area contributed by atoms with Crippen molar-refractivity contribution in [3.63, 3.8) is 0 Å². The van der Waals surface area contributed by atoms with Crippen LogP contribution in [0.25, 0.3) is 0 Å². The highest BCUT2D eigenvalue weighted by atomic mass is 16.7. The van der Waals surface area contributed by atoms with Crippen LogP contribution in [0.4, 0.5) is 0 Å². The minimum absolute atomic E-state index is 0.0479. The molecular weight excluding hydrogens is 508 g/mol. The van der Waals surface area contributed by atoms with Crippen LogP contribution >= 0.6 is 0 Å². The molecule has 0 saturated carbocycles. The molecule has 40 heavy (non-hydrogen) atoms. The molecule has 4 aliphatic rings. The number of aryl methyl sites for hydroxylation is 1. The molecule has 2 bridgehead atoms. The molecule has 3 N–H and O–H groups in total. The summed E-state index contributed by atoms with van der Waals surface area (Å²) in [5, 5.41) is 36.8. The van der Waals surface area contributed by atoms with E-state index in [0.717, 1.165) is 39.8 Å². The monoisotopic (exact) mass is 546 g/mol. The first kappa shape index (κ1) is 26.7. The summed E-state index contributed by atoms with van der Waals surface area (Å²) >= 11 is 0. The third kappa shape index (κ3) is 3.62. The zero-order chi connectivity index (χ0) is 28.6. The molecule has 0 spiro atoms. The average Bonchev–Trinajstić information content (AvgIpc) is 3.43. The van der Waals surface area contributed by atoms with E-state index >= 15 is 0 Å². The number of piperazine rings is 1. The summed E-state index contributed by atoms with van der Waals surface area (Å²) < 4.78 is 11.8. The first-order valence-corrected chi connectivity index (χ1v) is 14.2. The predicted molar refractivity (Wildman–Crippen MR) is 148 cm³/mol. The number of benzene rings is 2. The van der Waals surface area contributed by atoms with E-state index in [0.29, 0.717) is 35.7 Å². The number of ether oxygens (including phenoxy) is 2. The minimum atomic E-state index is -0.483. The third-order valence-electron chi connectivity index (χ3n) is 9.99. The number of phenols is 2. The summed E-state index contributed by atoms with van der Waals surface area (Å²) in [5.74, 6) is 1.37. The van der Waals surface area contributed by atoms with E-state index in [4.69, 9.17) is 9.47 Å². The maximum Gasteiger partial charge on any atom is 0.231 e. The van der Waals surface area contributed by atoms with Gasteiger partial charge >= 0.3 is 0 Å². The van der Waals surface area contributed by atoms with Crippen LogP contribution in [0, 0.1) is 38.0 Å². The van der Waals surface area contributed by atoms with Crippen LogP contribution in [-0.4, -0.2) is 64.4 Å². The number of amides is 1. The van der Waals surface area contributed by atoms with E-state index in [-0.39, 0.29) is 49.0 Å². The number of nitriles is 1. The van der Waals surface area contributed by atoms with E-state index in [1.54, 1.807) is 0 Å². The van der Waals surface area contributed by atoms with Crippen LogP contribution in [0.3, 0.4) is 0 Å². The van der Waals surface area contributed by atoms with Crippen molar-refractivity contribution in [3.8, 4) is 29.1 Å². The van der Waals surface area contributed by atoms with Crippen LogP contribution in [0.15, 0.2) is 6.07 Å². The number of fused-ring (bicyclic) bond motifs is 9. The number of hydrogen-bond acceptors (Lipinski definition) is 8. The lowest BCUT2D eigenvalue weighted by molar-refractivity contribution is -0.125. The van der Waals surface area contributed by atoms with Crippen molar-refractivity contribution in [3.05, 3.63) is 45.0 Å². The molecule has 0 aromatic heterocycles. The van der Waals surface area contributed by atoms with Gasteiger partial charge in [-0.1, -0.05) is 19.9 Å². The van der Waals surface area contributed by atoms with Crippen LogP contribution in [0.2, 0.25) is 0 Å². The molecule has 1 amide bonds. The van der Waals surface area contributed by atoms with Crippen molar-refractivity contribution in [2.75, 3.05) is 20.4 Å². The van der Waals surface area contributed by atoms with Gasteiger partial charge in [0.25, 0.3) is 0 Å². The maximum atomic E-state index is 13.0. The second-order valence-electron chi connectivity index (χ2n) is 11.9. The lowest BCUT2D eigenvalue weighted by Gasteiger charge is -2.60. The average molecular weight is 547 g/mol. The maximum absolute atomic E-state index is 13.0. The normalized spacial score (nSPS) is 27.3. The Morgan fingerprint density at radius 2 is 1.85 bits per heavy atom. The van der Waals surface area contributed by atoms with Gasteiger partial charge in [-0.3, -0.25) is 14.6 Å². The highest BCUT2D eigenvalue weighted by Gasteiger charge is 2.56. The summed E-state index contributed by atoms with van der Waals surface area (Å²) in [4.78, 5) is 17.4. The molecule has 9 nitrogen and oxygen atoms in total. The van der Waals surface area contributed by atoms with Crippen molar-refractivity contribution < 1.29 is 24.5 Å². The van der Waals surface area contributed by atoms with Crippen LogP contribution in [0.5, 0.6) is 23.0 Å². The molecule has 0 radical (unpaired) electrons. The minimum Gasteiger partial charge on any atom is -0.507 e. The highest BCUT2D eigenvalue weighted by Crippen LogP contribution is 2.57. The smallest absolute Gasteiger partial charge is 0.231 e. The number of nitrogens with one attached hydrogen (secondary N) is 1. The second-order valence-corrected chi connectivity index (χ2v) is 11.9. The molecule has 2 aromatic rings. The van der Waals surface area contributed by atoms with Gasteiger partial charge in [0.15, 0.2) is 11.5 Å². The van der Waals surface area contributed by atoms with Crippen molar-refractivity contribution in [1.82, 2.24) is 15.1 Å². The molecule has 212 valence electrons. The second kappa shape index (κ2) is 9.57. The Morgan fingerprint density at radius 3 is 2.55 bits per heavy atom. The molecule has 1 fully saturated rings. The zero-order valence-electron chi connectivity index (χ0n) is 24.0. The molecule has 0 aliphatic carbocycles. The molecule has 4 aliphatic heterocycles. The van der Waals surface area contributed by atoms with Gasteiger partial charge < -0.3 is 25.0 Å². The Kier molecular flexibility index (Phi) is 6.39. The Labute approximate surface area is 235 Å². The SMILES string of the molecule is CC[C@H](C)C(=O)NC[C@H]1c2c(c(O)c(C)c3c2OCO3)CC2[C@H]3c4c(cc(C)c(C)c4O)C[C@@H]([C@H](C#N)N21)N3C. The summed E-state index contributed by atoms with van der Waals surface area (Å²) in [6.07, 6.45) is 1.81. The summed E-state index contributed by atoms with van der Waals surface area (Å²) in [5.41, 5.74) is 6.02. The van der Waals surface area contributed by atoms with Gasteiger partial charge in [0.1, 0.15) is 17.5 Å². The van der Waals surface area contributed by atoms with E-state index < -0.39 is 12.1 Å². The fourth-order valence-electron chi connectivity index (χ4n) is 7.46. The molecule has 6 rings (SSSR count). The summed E-state index contributed by atoms with van der Waals surface area (Å²) in [6, 6.07) is 3.30. The van der Waals surface area contributed by atoms with Gasteiger partial charge in [-0.25, -0.2) is 0 Å². The van der Waals surface area contributed by atoms with Gasteiger partial charge in [0.05, 0.1) is 18.2 Å². The van der Waals surface area contributed by atoms with Crippen molar-refractivity contribution >= 4 is 5.91 Å². The van der Waals surface area contributed by atoms with Crippen molar-refractivity contribution in [2.45, 2.75) is 84.1 Å². The van der Waals surface area contributed by atoms with Gasteiger partial charge in [-0.2, -0.15) is 5.26 Å². The molecular formula is C31H38N4O5. The summed E-state index contributed by atoms with van der Waals surface area (Å²) in [7, 11) is 2.04. The first-order chi connectivity index (χ1) is 19.1. The van der Waals surface area contributed by atoms with Gasteiger partial charge in [-0.15, -0.1) is 0 Å². The molecule has 1 saturated heterocycles. The van der Waals surface area contributed by atoms with E-state index in [2.05, 4.69) is 27.3 Å². The number of rotatable bonds is 4. The van der Waals surface area contributed by atoms with E-state index in [1.807, 2.05) is 41.7 Å². The number of carbonyl (C=O) groups is 1. The number of likely N-dealkylation sites (N-methyl/N-ethyl adjacent to an activating group) is 1. The van der Waals surface area contributed by atoms with Gasteiger partial charge in [0.2, 0.25) is 12.7 Å². The Bertz CT molecular complexity index is 1450. The van der Waals surface area contributed by atoms with Crippen LogP contribution in [0.1, 0.15) is 71.3 Å². The van der Waals surface area contributed by atoms with Crippen molar-refractivity contribution in [1.29, 1.82) is 5.26 Å². The lowest BCUT2D eigenvalue weighted by atomic mass is 9.71. The van der Waals surface area contributed by atoms with Crippen molar-refractivity contribution in [2.24, 2.45) is 5.92 Å². The van der Waals surface area contributed by atoms with E-state index in [1.165, 1.54) is 0 Å². The summed E-state index contributed by atoms with van der Waals surface area (Å²) in [6.45, 7) is 9.97. The lowest BCUT2D eigenvalue weighted by Crippen LogP contribution is -2.68. The highest BCUT2D eigenvalue weighted by molar-refractivity contribution is 5.78. The van der Waals surface area contributed by atoms with Gasteiger partial charge in [-0.05, 0) is 63.8 Å². The fourth-order valence-corrected chi connectivity index (χ4v) is 7.46. The van der Waals surface area contributed by atoms with Crippen LogP contribution < -0.4 is 14.8 Å². The Hall–Kier alpha value is -3.48. The Morgan fingerprint density at radius 1 is 1.12 bits per heavy atom. The van der Waals surface area contributed by atoms with Crippen LogP contribution in [-0.2, 0) is 17.6 Å².